The van der Waals surface area contributed by atoms with Gasteiger partial charge in [-0.3, -0.25) is 0 Å². The van der Waals surface area contributed by atoms with Crippen LogP contribution in [0.3, 0.4) is 0 Å². The third kappa shape index (κ3) is 5.70. The Morgan fingerprint density at radius 1 is 0.889 bits per heavy atom. The lowest BCUT2D eigenvalue weighted by atomic mass is 10.1. The van der Waals surface area contributed by atoms with Crippen LogP contribution in [0.1, 0.15) is 72.6 Å². The minimum Gasteiger partial charge on any atom is -0.212 e. The number of unbranched alkanes of at least 4 members (excludes halogenated alkanes) is 4. The van der Waals surface area contributed by atoms with E-state index in [4.69, 9.17) is 0 Å². The van der Waals surface area contributed by atoms with Crippen LogP contribution < -0.4 is 0 Å². The van der Waals surface area contributed by atoms with Crippen LogP contribution in [0.4, 0.5) is 0 Å². The highest BCUT2D eigenvalue weighted by atomic mass is 32.2. The summed E-state index contributed by atoms with van der Waals surface area (Å²) in [5.41, 5.74) is 0. The molecule has 0 saturated carbocycles. The molecule has 0 fully saturated rings. The van der Waals surface area contributed by atoms with Crippen molar-refractivity contribution in [1.82, 2.24) is 4.31 Å². The molecule has 0 radical (unpaired) electrons. The smallest absolute Gasteiger partial charge is 0.212 e. The molecule has 1 unspecified atom stereocenters. The fourth-order valence-electron chi connectivity index (χ4n) is 2.33. The van der Waals surface area contributed by atoms with Gasteiger partial charge in [-0.2, -0.15) is 0 Å². The number of nitrogens with zero attached hydrogens (tertiary/aromatic N) is 1. The summed E-state index contributed by atoms with van der Waals surface area (Å²) < 4.78 is 26.3. The van der Waals surface area contributed by atoms with Crippen molar-refractivity contribution >= 4 is 10.0 Å². The van der Waals surface area contributed by atoms with Gasteiger partial charge in [-0.1, -0.05) is 59.8 Å². The number of hydrogen-bond acceptors (Lipinski definition) is 2. The molecule has 0 aromatic heterocycles. The van der Waals surface area contributed by atoms with Gasteiger partial charge in [-0.15, -0.1) is 0 Å². The minimum atomic E-state index is -3.07. The van der Waals surface area contributed by atoms with Crippen LogP contribution in [0.5, 0.6) is 0 Å². The van der Waals surface area contributed by atoms with Crippen LogP contribution in [-0.2, 0) is 10.0 Å². The Balaban J connectivity index is 4.30. The lowest BCUT2D eigenvalue weighted by Crippen LogP contribution is -2.38. The third-order valence-corrected chi connectivity index (χ3v) is 6.22. The van der Waals surface area contributed by atoms with E-state index in [2.05, 4.69) is 6.92 Å². The molecule has 0 aromatic carbocycles. The quantitative estimate of drug-likeness (QED) is 0.539. The Morgan fingerprint density at radius 3 is 1.89 bits per heavy atom. The predicted molar refractivity (Wildman–Crippen MR) is 79.3 cm³/mol. The summed E-state index contributed by atoms with van der Waals surface area (Å²) in [6, 6.07) is 0. The Labute approximate surface area is 114 Å². The first-order valence-corrected chi connectivity index (χ1v) is 9.03. The SMILES string of the molecule is CCCCCCCC(CC)S(=O)(=O)N(CC)CC. The van der Waals surface area contributed by atoms with Crippen LogP contribution in [0.25, 0.3) is 0 Å². The van der Waals surface area contributed by atoms with Crippen molar-refractivity contribution in [1.29, 1.82) is 0 Å². The third-order valence-electron chi connectivity index (χ3n) is 3.57. The Hall–Kier alpha value is -0.0900. The Morgan fingerprint density at radius 2 is 1.44 bits per heavy atom. The van der Waals surface area contributed by atoms with Crippen molar-refractivity contribution in [3.8, 4) is 0 Å². The lowest BCUT2D eigenvalue weighted by Gasteiger charge is -2.24. The van der Waals surface area contributed by atoms with Gasteiger partial charge in [0, 0.05) is 13.1 Å². The highest BCUT2D eigenvalue weighted by molar-refractivity contribution is 7.89. The first-order chi connectivity index (χ1) is 8.54. The molecule has 0 aliphatic heterocycles. The summed E-state index contributed by atoms with van der Waals surface area (Å²) >= 11 is 0. The van der Waals surface area contributed by atoms with E-state index in [0.717, 1.165) is 25.7 Å². The second kappa shape index (κ2) is 9.79. The van der Waals surface area contributed by atoms with Gasteiger partial charge in [0.25, 0.3) is 0 Å². The summed E-state index contributed by atoms with van der Waals surface area (Å²) in [5, 5.41) is -0.181. The molecule has 1 atom stereocenters. The van der Waals surface area contributed by atoms with Gasteiger partial charge in [0.05, 0.1) is 5.25 Å². The summed E-state index contributed by atoms with van der Waals surface area (Å²) in [6.07, 6.45) is 7.48. The molecule has 0 saturated heterocycles. The van der Waals surface area contributed by atoms with E-state index in [9.17, 15) is 8.42 Å². The standard InChI is InChI=1S/C14H31NO2S/c1-5-9-10-11-12-13-14(6-2)18(16,17)15(7-3)8-4/h14H,5-13H2,1-4H3. The van der Waals surface area contributed by atoms with Crippen molar-refractivity contribution in [2.75, 3.05) is 13.1 Å². The molecule has 4 heteroatoms. The van der Waals surface area contributed by atoms with Gasteiger partial charge in [-0.25, -0.2) is 12.7 Å². The number of rotatable bonds is 11. The lowest BCUT2D eigenvalue weighted by molar-refractivity contribution is 0.427. The van der Waals surface area contributed by atoms with Gasteiger partial charge >= 0.3 is 0 Å². The van der Waals surface area contributed by atoms with E-state index >= 15 is 0 Å². The molecule has 0 aromatic rings. The first-order valence-electron chi connectivity index (χ1n) is 7.53. The molecule has 3 nitrogen and oxygen atoms in total. The summed E-state index contributed by atoms with van der Waals surface area (Å²) in [5.74, 6) is 0. The van der Waals surface area contributed by atoms with Crippen molar-refractivity contribution in [2.45, 2.75) is 77.9 Å². The first kappa shape index (κ1) is 17.9. The average molecular weight is 277 g/mol. The van der Waals surface area contributed by atoms with E-state index in [1.165, 1.54) is 19.3 Å². The molecule has 0 rings (SSSR count). The van der Waals surface area contributed by atoms with Crippen molar-refractivity contribution < 1.29 is 8.42 Å². The second-order valence-electron chi connectivity index (χ2n) is 4.86. The maximum atomic E-state index is 12.4. The zero-order valence-corrected chi connectivity index (χ0v) is 13.4. The van der Waals surface area contributed by atoms with Crippen LogP contribution in [0.15, 0.2) is 0 Å². The van der Waals surface area contributed by atoms with Gasteiger partial charge < -0.3 is 0 Å². The fourth-order valence-corrected chi connectivity index (χ4v) is 4.36. The largest absolute Gasteiger partial charge is 0.216 e. The zero-order valence-electron chi connectivity index (χ0n) is 12.6. The van der Waals surface area contributed by atoms with Gasteiger partial charge in [0.2, 0.25) is 10.0 Å². The van der Waals surface area contributed by atoms with Crippen molar-refractivity contribution in [3.05, 3.63) is 0 Å². The Kier molecular flexibility index (Phi) is 9.74. The maximum absolute atomic E-state index is 12.4. The molecule has 110 valence electrons. The molecular formula is C14H31NO2S. The van der Waals surface area contributed by atoms with Crippen molar-refractivity contribution in [2.24, 2.45) is 0 Å². The normalized spacial score (nSPS) is 14.1. The molecule has 0 spiro atoms. The molecule has 0 amide bonds. The van der Waals surface area contributed by atoms with Gasteiger partial charge in [0.1, 0.15) is 0 Å². The average Bonchev–Trinajstić information content (AvgIpc) is 2.34. The van der Waals surface area contributed by atoms with E-state index in [-0.39, 0.29) is 5.25 Å². The second-order valence-corrected chi connectivity index (χ2v) is 7.08. The topological polar surface area (TPSA) is 37.4 Å². The zero-order chi connectivity index (χ0) is 14.0. The van der Waals surface area contributed by atoms with Gasteiger partial charge in [0.15, 0.2) is 0 Å². The molecule has 0 heterocycles. The molecule has 0 aliphatic carbocycles. The highest BCUT2D eigenvalue weighted by Gasteiger charge is 2.28. The van der Waals surface area contributed by atoms with E-state index in [0.29, 0.717) is 13.1 Å². The van der Waals surface area contributed by atoms with Crippen LogP contribution in [0, 0.1) is 0 Å². The van der Waals surface area contributed by atoms with E-state index in [1.54, 1.807) is 4.31 Å². The van der Waals surface area contributed by atoms with Crippen LogP contribution in [-0.4, -0.2) is 31.1 Å². The number of sulfonamides is 1. The fraction of sp³-hybridized carbons (Fsp3) is 1.00. The van der Waals surface area contributed by atoms with Crippen molar-refractivity contribution in [3.63, 3.8) is 0 Å². The predicted octanol–water partition coefficient (Wildman–Crippen LogP) is 3.80. The Bertz CT molecular complexity index is 284. The van der Waals surface area contributed by atoms with Crippen LogP contribution in [0.2, 0.25) is 0 Å². The van der Waals surface area contributed by atoms with E-state index in [1.807, 2.05) is 20.8 Å². The monoisotopic (exact) mass is 277 g/mol. The summed E-state index contributed by atoms with van der Waals surface area (Å²) in [4.78, 5) is 0. The minimum absolute atomic E-state index is 0.181. The summed E-state index contributed by atoms with van der Waals surface area (Å²) in [6.45, 7) is 9.18. The molecule has 0 N–H and O–H groups in total. The van der Waals surface area contributed by atoms with E-state index < -0.39 is 10.0 Å². The van der Waals surface area contributed by atoms with Gasteiger partial charge in [-0.05, 0) is 12.8 Å². The summed E-state index contributed by atoms with van der Waals surface area (Å²) in [7, 11) is -3.07. The number of hydrogen-bond donors (Lipinski definition) is 0. The molecule has 0 bridgehead atoms. The molecule has 18 heavy (non-hydrogen) atoms. The maximum Gasteiger partial charge on any atom is 0.216 e. The van der Waals surface area contributed by atoms with Crippen LogP contribution >= 0.6 is 0 Å². The highest BCUT2D eigenvalue weighted by Crippen LogP contribution is 2.19. The molecular weight excluding hydrogens is 246 g/mol. The molecule has 0 aliphatic rings.